The second-order valence-electron chi connectivity index (χ2n) is 6.17. The molecular weight excluding hydrogens is 336 g/mol. The highest BCUT2D eigenvalue weighted by molar-refractivity contribution is 7.18. The standard InChI is InChI=1S/C18H18N4O2S/c23-15(21-12-4-3-8-19-10-12)7-9-22-11-20-17-16(18(22)24)13-5-1-2-6-14(13)25-17/h3-4,8,10-11H,1-2,5-7,9H2,(H,21,23). The normalized spacial score (nSPS) is 13.6. The fraction of sp³-hybridized carbons (Fsp3) is 0.333. The molecule has 6 nitrogen and oxygen atoms in total. The Bertz CT molecular complexity index is 978. The Kier molecular flexibility index (Phi) is 4.31. The quantitative estimate of drug-likeness (QED) is 0.781. The van der Waals surface area contributed by atoms with Gasteiger partial charge in [-0.2, -0.15) is 0 Å². The van der Waals surface area contributed by atoms with Crippen LogP contribution in [0.4, 0.5) is 5.69 Å². The molecule has 0 bridgehead atoms. The summed E-state index contributed by atoms with van der Waals surface area (Å²) in [4.78, 5) is 35.4. The van der Waals surface area contributed by atoms with Gasteiger partial charge in [-0.05, 0) is 43.4 Å². The average molecular weight is 354 g/mol. The third-order valence-electron chi connectivity index (χ3n) is 4.47. The molecule has 1 N–H and O–H groups in total. The minimum atomic E-state index is -0.146. The van der Waals surface area contributed by atoms with E-state index in [1.54, 1.807) is 46.8 Å². The van der Waals surface area contributed by atoms with E-state index in [4.69, 9.17) is 0 Å². The zero-order valence-electron chi connectivity index (χ0n) is 13.7. The average Bonchev–Trinajstić information content (AvgIpc) is 3.01. The van der Waals surface area contributed by atoms with Crippen LogP contribution < -0.4 is 10.9 Å². The van der Waals surface area contributed by atoms with Gasteiger partial charge in [-0.3, -0.25) is 19.1 Å². The molecule has 0 spiro atoms. The first-order valence-electron chi connectivity index (χ1n) is 8.42. The van der Waals surface area contributed by atoms with Crippen LogP contribution in [0.5, 0.6) is 0 Å². The predicted molar refractivity (Wildman–Crippen MR) is 98.0 cm³/mol. The summed E-state index contributed by atoms with van der Waals surface area (Å²) < 4.78 is 1.55. The van der Waals surface area contributed by atoms with Crippen molar-refractivity contribution in [1.29, 1.82) is 0 Å². The summed E-state index contributed by atoms with van der Waals surface area (Å²) in [7, 11) is 0. The Morgan fingerprint density at radius 3 is 3.04 bits per heavy atom. The van der Waals surface area contributed by atoms with Crippen molar-refractivity contribution in [2.24, 2.45) is 0 Å². The summed E-state index contributed by atoms with van der Waals surface area (Å²) in [6.07, 6.45) is 9.33. The number of aromatic nitrogens is 3. The number of carbonyl (C=O) groups excluding carboxylic acids is 1. The molecule has 1 aliphatic rings. The van der Waals surface area contributed by atoms with Crippen LogP contribution >= 0.6 is 11.3 Å². The lowest BCUT2D eigenvalue weighted by atomic mass is 9.97. The molecule has 0 saturated heterocycles. The van der Waals surface area contributed by atoms with E-state index in [0.29, 0.717) is 12.2 Å². The maximum absolute atomic E-state index is 12.8. The van der Waals surface area contributed by atoms with Crippen molar-refractivity contribution in [2.75, 3.05) is 5.32 Å². The van der Waals surface area contributed by atoms with E-state index in [1.165, 1.54) is 16.9 Å². The van der Waals surface area contributed by atoms with E-state index < -0.39 is 0 Å². The lowest BCUT2D eigenvalue weighted by molar-refractivity contribution is -0.116. The molecule has 0 aliphatic heterocycles. The van der Waals surface area contributed by atoms with Crippen molar-refractivity contribution in [3.8, 4) is 0 Å². The first kappa shape index (κ1) is 16.0. The molecule has 0 radical (unpaired) electrons. The van der Waals surface area contributed by atoms with Crippen LogP contribution in [0.3, 0.4) is 0 Å². The van der Waals surface area contributed by atoms with Gasteiger partial charge in [0.1, 0.15) is 4.83 Å². The van der Waals surface area contributed by atoms with Gasteiger partial charge in [0.25, 0.3) is 5.56 Å². The van der Waals surface area contributed by atoms with Crippen molar-refractivity contribution in [3.05, 3.63) is 51.6 Å². The second-order valence-corrected chi connectivity index (χ2v) is 7.26. The van der Waals surface area contributed by atoms with Crippen molar-refractivity contribution in [3.63, 3.8) is 0 Å². The molecule has 3 aromatic rings. The lowest BCUT2D eigenvalue weighted by Crippen LogP contribution is -2.24. The largest absolute Gasteiger partial charge is 0.325 e. The number of amides is 1. The van der Waals surface area contributed by atoms with E-state index in [0.717, 1.165) is 29.5 Å². The van der Waals surface area contributed by atoms with Crippen molar-refractivity contribution >= 4 is 33.1 Å². The van der Waals surface area contributed by atoms with Gasteiger partial charge in [0, 0.05) is 24.0 Å². The van der Waals surface area contributed by atoms with Crippen LogP contribution in [0, 0.1) is 0 Å². The Morgan fingerprint density at radius 1 is 1.32 bits per heavy atom. The molecule has 1 amide bonds. The van der Waals surface area contributed by atoms with Gasteiger partial charge in [-0.15, -0.1) is 11.3 Å². The van der Waals surface area contributed by atoms with Crippen molar-refractivity contribution in [1.82, 2.24) is 14.5 Å². The van der Waals surface area contributed by atoms with Gasteiger partial charge in [0.15, 0.2) is 0 Å². The number of carbonyl (C=O) groups is 1. The number of rotatable bonds is 4. The molecule has 4 rings (SSSR count). The summed E-state index contributed by atoms with van der Waals surface area (Å²) in [6, 6.07) is 3.54. The number of thiophene rings is 1. The number of pyridine rings is 1. The Hall–Kier alpha value is -2.54. The lowest BCUT2D eigenvalue weighted by Gasteiger charge is -2.10. The number of nitrogens with zero attached hydrogens (tertiary/aromatic N) is 3. The second kappa shape index (κ2) is 6.76. The highest BCUT2D eigenvalue weighted by Crippen LogP contribution is 2.33. The predicted octanol–water partition coefficient (Wildman–Crippen LogP) is 2.76. The van der Waals surface area contributed by atoms with Crippen LogP contribution in [0.15, 0.2) is 35.6 Å². The Balaban J connectivity index is 1.53. The van der Waals surface area contributed by atoms with Crippen molar-refractivity contribution < 1.29 is 4.79 Å². The fourth-order valence-electron chi connectivity index (χ4n) is 3.22. The van der Waals surface area contributed by atoms with E-state index in [-0.39, 0.29) is 17.9 Å². The zero-order valence-corrected chi connectivity index (χ0v) is 14.5. The van der Waals surface area contributed by atoms with E-state index in [9.17, 15) is 9.59 Å². The SMILES string of the molecule is O=C(CCn1cnc2sc3c(c2c1=O)CCCC3)Nc1cccnc1. The highest BCUT2D eigenvalue weighted by Gasteiger charge is 2.20. The molecule has 3 aromatic heterocycles. The summed E-state index contributed by atoms with van der Waals surface area (Å²) in [6.45, 7) is 0.318. The first-order valence-corrected chi connectivity index (χ1v) is 9.23. The molecule has 0 fully saturated rings. The molecule has 7 heteroatoms. The summed E-state index contributed by atoms with van der Waals surface area (Å²) in [5.41, 5.74) is 1.80. The topological polar surface area (TPSA) is 76.9 Å². The third kappa shape index (κ3) is 3.19. The molecule has 0 saturated carbocycles. The number of anilines is 1. The monoisotopic (exact) mass is 354 g/mol. The van der Waals surface area contributed by atoms with Crippen LogP contribution in [0.25, 0.3) is 10.2 Å². The summed E-state index contributed by atoms with van der Waals surface area (Å²) in [5.74, 6) is -0.146. The Morgan fingerprint density at radius 2 is 2.20 bits per heavy atom. The van der Waals surface area contributed by atoms with E-state index >= 15 is 0 Å². The van der Waals surface area contributed by atoms with E-state index in [2.05, 4.69) is 15.3 Å². The number of fused-ring (bicyclic) bond motifs is 3. The summed E-state index contributed by atoms with van der Waals surface area (Å²) in [5, 5.41) is 3.54. The molecule has 1 aliphatic carbocycles. The Labute approximate surface area is 148 Å². The minimum absolute atomic E-state index is 0.0291. The molecular formula is C18H18N4O2S. The van der Waals surface area contributed by atoms with Crippen LogP contribution in [-0.4, -0.2) is 20.4 Å². The van der Waals surface area contributed by atoms with Gasteiger partial charge in [0.05, 0.1) is 23.6 Å². The number of hydrogen-bond acceptors (Lipinski definition) is 5. The van der Waals surface area contributed by atoms with Gasteiger partial charge in [0.2, 0.25) is 5.91 Å². The fourth-order valence-corrected chi connectivity index (χ4v) is 4.44. The number of nitrogens with one attached hydrogen (secondary N) is 1. The molecule has 128 valence electrons. The number of aryl methyl sites for hydroxylation is 3. The molecule has 0 unspecified atom stereocenters. The molecule has 0 aromatic carbocycles. The third-order valence-corrected chi connectivity index (χ3v) is 5.67. The van der Waals surface area contributed by atoms with Gasteiger partial charge < -0.3 is 5.32 Å². The van der Waals surface area contributed by atoms with Gasteiger partial charge in [-0.1, -0.05) is 0 Å². The zero-order chi connectivity index (χ0) is 17.2. The van der Waals surface area contributed by atoms with Crippen LogP contribution in [-0.2, 0) is 24.2 Å². The van der Waals surface area contributed by atoms with E-state index in [1.807, 2.05) is 0 Å². The van der Waals surface area contributed by atoms with Crippen LogP contribution in [0.2, 0.25) is 0 Å². The maximum atomic E-state index is 12.8. The van der Waals surface area contributed by atoms with Crippen LogP contribution in [0.1, 0.15) is 29.7 Å². The van der Waals surface area contributed by atoms with Crippen molar-refractivity contribution in [2.45, 2.75) is 38.6 Å². The number of hydrogen-bond donors (Lipinski definition) is 1. The smallest absolute Gasteiger partial charge is 0.262 e. The molecule has 0 atom stereocenters. The van der Waals surface area contributed by atoms with Gasteiger partial charge in [-0.25, -0.2) is 4.98 Å². The highest BCUT2D eigenvalue weighted by atomic mass is 32.1. The minimum Gasteiger partial charge on any atom is -0.325 e. The van der Waals surface area contributed by atoms with Gasteiger partial charge >= 0.3 is 0 Å². The molecule has 3 heterocycles. The maximum Gasteiger partial charge on any atom is 0.262 e. The first-order chi connectivity index (χ1) is 12.2. The summed E-state index contributed by atoms with van der Waals surface area (Å²) >= 11 is 1.64. The molecule has 25 heavy (non-hydrogen) atoms.